The van der Waals surface area contributed by atoms with Crippen LogP contribution in [0.15, 0.2) is 59.5 Å². The molecule has 0 radical (unpaired) electrons. The van der Waals surface area contributed by atoms with E-state index in [2.05, 4.69) is 10.3 Å². The first kappa shape index (κ1) is 21.7. The zero-order valence-electron chi connectivity index (χ0n) is 16.4. The lowest BCUT2D eigenvalue weighted by Crippen LogP contribution is -2.14. The molecule has 3 aromatic rings. The van der Waals surface area contributed by atoms with E-state index >= 15 is 0 Å². The van der Waals surface area contributed by atoms with E-state index in [0.717, 1.165) is 16.9 Å². The molecule has 0 unspecified atom stereocenters. The molecule has 0 saturated carbocycles. The second kappa shape index (κ2) is 9.19. The molecule has 0 atom stereocenters. The molecule has 3 rings (SSSR count). The van der Waals surface area contributed by atoms with Gasteiger partial charge in [0.2, 0.25) is 5.91 Å². The fourth-order valence-corrected chi connectivity index (χ4v) is 4.53. The summed E-state index contributed by atoms with van der Waals surface area (Å²) in [4.78, 5) is 29.5. The second-order valence-electron chi connectivity index (χ2n) is 6.33. The number of aromatic nitrogens is 1. The van der Waals surface area contributed by atoms with Gasteiger partial charge in [0.1, 0.15) is 4.88 Å². The van der Waals surface area contributed by atoms with Gasteiger partial charge in [0.05, 0.1) is 29.9 Å². The van der Waals surface area contributed by atoms with Crippen molar-refractivity contribution in [3.63, 3.8) is 0 Å². The van der Waals surface area contributed by atoms with Crippen molar-refractivity contribution < 1.29 is 22.7 Å². The average Bonchev–Trinajstić information content (AvgIpc) is 3.17. The molecule has 9 heteroatoms. The summed E-state index contributed by atoms with van der Waals surface area (Å²) in [5, 5.41) is 2.98. The lowest BCUT2D eigenvalue weighted by atomic mass is 10.1. The summed E-state index contributed by atoms with van der Waals surface area (Å²) in [6.45, 7) is 1.58. The third kappa shape index (κ3) is 4.92. The van der Waals surface area contributed by atoms with Crippen molar-refractivity contribution in [3.8, 4) is 11.3 Å². The molecule has 0 spiro atoms. The Morgan fingerprint density at radius 2 is 1.73 bits per heavy atom. The van der Waals surface area contributed by atoms with Crippen LogP contribution in [0.1, 0.15) is 22.2 Å². The highest BCUT2D eigenvalue weighted by Gasteiger charge is 2.21. The Labute approximate surface area is 178 Å². The van der Waals surface area contributed by atoms with Gasteiger partial charge >= 0.3 is 5.97 Å². The van der Waals surface area contributed by atoms with Crippen LogP contribution in [0.4, 0.5) is 5.13 Å². The standard InChI is InChI=1S/C21H20N2O5S2/c1-3-30(26,27)16-11-9-14(10-12-16)13-17(24)22-21-23-18(15-7-5-4-6-8-15)19(29-21)20(25)28-2/h4-12H,3,13H2,1-2H3,(H,22,23,24). The summed E-state index contributed by atoms with van der Waals surface area (Å²) >= 11 is 1.04. The van der Waals surface area contributed by atoms with Gasteiger partial charge in [0, 0.05) is 5.56 Å². The van der Waals surface area contributed by atoms with Gasteiger partial charge in [-0.1, -0.05) is 60.7 Å². The molecule has 156 valence electrons. The highest BCUT2D eigenvalue weighted by Crippen LogP contribution is 2.31. The zero-order valence-corrected chi connectivity index (χ0v) is 18.0. The number of hydrogen-bond donors (Lipinski definition) is 1. The van der Waals surface area contributed by atoms with Gasteiger partial charge in [0.25, 0.3) is 0 Å². The molecule has 0 aliphatic heterocycles. The predicted molar refractivity (Wildman–Crippen MR) is 115 cm³/mol. The molecule has 0 aliphatic rings. The second-order valence-corrected chi connectivity index (χ2v) is 9.60. The summed E-state index contributed by atoms with van der Waals surface area (Å²) in [5.74, 6) is -0.839. The largest absolute Gasteiger partial charge is 0.465 e. The normalized spacial score (nSPS) is 11.1. The fourth-order valence-electron chi connectivity index (χ4n) is 2.73. The number of amides is 1. The smallest absolute Gasteiger partial charge is 0.350 e. The minimum absolute atomic E-state index is 0.0170. The number of carbonyl (C=O) groups is 2. The summed E-state index contributed by atoms with van der Waals surface area (Å²) < 4.78 is 28.6. The maximum Gasteiger partial charge on any atom is 0.350 e. The average molecular weight is 445 g/mol. The van der Waals surface area contributed by atoms with Gasteiger partial charge in [0.15, 0.2) is 15.0 Å². The Bertz CT molecular complexity index is 1150. The van der Waals surface area contributed by atoms with Crippen LogP contribution >= 0.6 is 11.3 Å². The summed E-state index contributed by atoms with van der Waals surface area (Å²) in [6, 6.07) is 15.4. The van der Waals surface area contributed by atoms with Crippen LogP contribution in [0.25, 0.3) is 11.3 Å². The predicted octanol–water partition coefficient (Wildman–Crippen LogP) is 3.57. The van der Waals surface area contributed by atoms with Crippen LogP contribution < -0.4 is 5.32 Å². The topological polar surface area (TPSA) is 102 Å². The van der Waals surface area contributed by atoms with Crippen molar-refractivity contribution in [3.05, 3.63) is 65.0 Å². The Morgan fingerprint density at radius 3 is 2.33 bits per heavy atom. The van der Waals surface area contributed by atoms with E-state index in [1.807, 2.05) is 30.3 Å². The Kier molecular flexibility index (Phi) is 6.63. The first-order valence-electron chi connectivity index (χ1n) is 9.10. The SMILES string of the molecule is CCS(=O)(=O)c1ccc(CC(=O)Nc2nc(-c3ccccc3)c(C(=O)OC)s2)cc1. The van der Waals surface area contributed by atoms with Gasteiger partial charge in [-0.05, 0) is 17.7 Å². The van der Waals surface area contributed by atoms with Gasteiger partial charge < -0.3 is 10.1 Å². The molecular formula is C21H20N2O5S2. The number of rotatable bonds is 7. The van der Waals surface area contributed by atoms with Crippen LogP contribution in [0.5, 0.6) is 0 Å². The van der Waals surface area contributed by atoms with Gasteiger partial charge in [-0.2, -0.15) is 0 Å². The number of nitrogens with one attached hydrogen (secondary N) is 1. The summed E-state index contributed by atoms with van der Waals surface area (Å²) in [6.07, 6.45) is 0.0419. The molecule has 30 heavy (non-hydrogen) atoms. The first-order valence-corrected chi connectivity index (χ1v) is 11.6. The molecule has 0 aliphatic carbocycles. The number of hydrogen-bond acceptors (Lipinski definition) is 7. The molecule has 0 fully saturated rings. The molecule has 7 nitrogen and oxygen atoms in total. The minimum atomic E-state index is -3.28. The highest BCUT2D eigenvalue weighted by atomic mass is 32.2. The first-order chi connectivity index (χ1) is 14.3. The van der Waals surface area contributed by atoms with Gasteiger partial charge in [-0.25, -0.2) is 18.2 Å². The number of benzene rings is 2. The Hall–Kier alpha value is -3.04. The molecule has 1 heterocycles. The quantitative estimate of drug-likeness (QED) is 0.559. The molecule has 1 aromatic heterocycles. The zero-order chi connectivity index (χ0) is 21.7. The maximum absolute atomic E-state index is 12.4. The van der Waals surface area contributed by atoms with Gasteiger partial charge in [-0.3, -0.25) is 4.79 Å². The van der Waals surface area contributed by atoms with Gasteiger partial charge in [-0.15, -0.1) is 0 Å². The third-order valence-electron chi connectivity index (χ3n) is 4.32. The molecule has 0 bridgehead atoms. The third-order valence-corrected chi connectivity index (χ3v) is 7.02. The summed E-state index contributed by atoms with van der Waals surface area (Å²) in [5.41, 5.74) is 1.84. The van der Waals surface area contributed by atoms with Crippen molar-refractivity contribution in [2.45, 2.75) is 18.2 Å². The summed E-state index contributed by atoms with van der Waals surface area (Å²) in [7, 11) is -1.99. The van der Waals surface area contributed by atoms with Crippen molar-refractivity contribution in [2.24, 2.45) is 0 Å². The van der Waals surface area contributed by atoms with E-state index < -0.39 is 15.8 Å². The van der Waals surface area contributed by atoms with Crippen LogP contribution in [-0.4, -0.2) is 38.1 Å². The molecule has 0 saturated heterocycles. The molecule has 2 aromatic carbocycles. The number of sulfone groups is 1. The molecule has 1 N–H and O–H groups in total. The number of carbonyl (C=O) groups excluding carboxylic acids is 2. The van der Waals surface area contributed by atoms with Crippen molar-refractivity contribution in [2.75, 3.05) is 18.2 Å². The highest BCUT2D eigenvalue weighted by molar-refractivity contribution is 7.91. The Morgan fingerprint density at radius 1 is 1.07 bits per heavy atom. The van der Waals surface area contributed by atoms with E-state index in [1.165, 1.54) is 19.2 Å². The van der Waals surface area contributed by atoms with Crippen LogP contribution in [0.3, 0.4) is 0 Å². The molecular weight excluding hydrogens is 424 g/mol. The van der Waals surface area contributed by atoms with Crippen LogP contribution in [-0.2, 0) is 25.8 Å². The van der Waals surface area contributed by atoms with E-state index in [0.29, 0.717) is 16.1 Å². The number of ether oxygens (including phenoxy) is 1. The number of esters is 1. The van der Waals surface area contributed by atoms with E-state index in [1.54, 1.807) is 19.1 Å². The number of thiazole rings is 1. The van der Waals surface area contributed by atoms with Crippen molar-refractivity contribution in [1.29, 1.82) is 0 Å². The number of anilines is 1. The Balaban J connectivity index is 1.77. The van der Waals surface area contributed by atoms with Crippen LogP contribution in [0.2, 0.25) is 0 Å². The number of nitrogens with zero attached hydrogens (tertiary/aromatic N) is 1. The number of methoxy groups -OCH3 is 1. The lowest BCUT2D eigenvalue weighted by molar-refractivity contribution is -0.115. The van der Waals surface area contributed by atoms with Crippen molar-refractivity contribution in [1.82, 2.24) is 4.98 Å². The lowest BCUT2D eigenvalue weighted by Gasteiger charge is -2.04. The van der Waals surface area contributed by atoms with Crippen LogP contribution in [0, 0.1) is 0 Å². The minimum Gasteiger partial charge on any atom is -0.465 e. The molecule has 1 amide bonds. The monoisotopic (exact) mass is 444 g/mol. The van der Waals surface area contributed by atoms with E-state index in [9.17, 15) is 18.0 Å². The van der Waals surface area contributed by atoms with Crippen molar-refractivity contribution >= 4 is 38.2 Å². The van der Waals surface area contributed by atoms with E-state index in [4.69, 9.17) is 4.74 Å². The maximum atomic E-state index is 12.4. The van der Waals surface area contributed by atoms with E-state index in [-0.39, 0.29) is 28.1 Å². The fraction of sp³-hybridized carbons (Fsp3) is 0.190.